The van der Waals surface area contributed by atoms with Crippen LogP contribution in [-0.4, -0.2) is 64.9 Å². The zero-order chi connectivity index (χ0) is 11.5. The van der Waals surface area contributed by atoms with Crippen LogP contribution in [0.4, 0.5) is 0 Å². The van der Waals surface area contributed by atoms with Crippen LogP contribution in [0.2, 0.25) is 10.0 Å². The Morgan fingerprint density at radius 1 is 0.667 bits per heavy atom. The first-order chi connectivity index (χ1) is 7.66. The van der Waals surface area contributed by atoms with E-state index >= 15 is 0 Å². The number of halogens is 2. The van der Waals surface area contributed by atoms with Gasteiger partial charge in [-0.2, -0.15) is 0 Å². The van der Waals surface area contributed by atoms with E-state index in [-0.39, 0.29) is 64.9 Å². The van der Waals surface area contributed by atoms with Crippen LogP contribution >= 0.6 is 23.2 Å². The Labute approximate surface area is 160 Å². The van der Waals surface area contributed by atoms with Crippen molar-refractivity contribution < 1.29 is 4.79 Å². The minimum absolute atomic E-state index is 0. The predicted molar refractivity (Wildman–Crippen MR) is 77.8 cm³/mol. The molecule has 0 aliphatic carbocycles. The SMILES string of the molecule is O=C(c1ccc(Cl)cc1)c1ccc(Cl)cc1.[Na].[Na]. The van der Waals surface area contributed by atoms with Gasteiger partial charge in [-0.1, -0.05) is 23.2 Å². The monoisotopic (exact) mass is 296 g/mol. The van der Waals surface area contributed by atoms with E-state index in [9.17, 15) is 4.79 Å². The fraction of sp³-hybridized carbons (Fsp3) is 0. The summed E-state index contributed by atoms with van der Waals surface area (Å²) < 4.78 is 0. The minimum atomic E-state index is -0.0340. The fourth-order valence-corrected chi connectivity index (χ4v) is 1.62. The number of hydrogen-bond donors (Lipinski definition) is 0. The normalized spacial score (nSPS) is 9.00. The molecule has 0 aromatic heterocycles. The Kier molecular flexibility index (Phi) is 9.12. The van der Waals surface area contributed by atoms with Crippen LogP contribution < -0.4 is 0 Å². The van der Waals surface area contributed by atoms with Crippen LogP contribution in [-0.2, 0) is 0 Å². The van der Waals surface area contributed by atoms with Crippen molar-refractivity contribution in [3.8, 4) is 0 Å². The Morgan fingerprint density at radius 2 is 0.944 bits per heavy atom. The van der Waals surface area contributed by atoms with Crippen molar-refractivity contribution in [3.63, 3.8) is 0 Å². The molecule has 1 nitrogen and oxygen atoms in total. The summed E-state index contributed by atoms with van der Waals surface area (Å²) in [7, 11) is 0. The molecule has 2 aromatic carbocycles. The van der Waals surface area contributed by atoms with Crippen LogP contribution in [0.25, 0.3) is 0 Å². The molecule has 2 rings (SSSR count). The summed E-state index contributed by atoms with van der Waals surface area (Å²) in [5, 5.41) is 1.24. The summed E-state index contributed by atoms with van der Waals surface area (Å²) in [5.74, 6) is -0.0340. The molecule has 0 spiro atoms. The number of carbonyl (C=O) groups is 1. The van der Waals surface area contributed by atoms with Gasteiger partial charge < -0.3 is 0 Å². The summed E-state index contributed by atoms with van der Waals surface area (Å²) in [6.07, 6.45) is 0. The largest absolute Gasteiger partial charge is 0.289 e. The average Bonchev–Trinajstić information content (AvgIpc) is 2.30. The van der Waals surface area contributed by atoms with Crippen molar-refractivity contribution >= 4 is 88.1 Å². The van der Waals surface area contributed by atoms with E-state index in [2.05, 4.69) is 0 Å². The first-order valence-electron chi connectivity index (χ1n) is 4.72. The first-order valence-corrected chi connectivity index (χ1v) is 5.48. The van der Waals surface area contributed by atoms with Crippen LogP contribution in [0.15, 0.2) is 48.5 Å². The average molecular weight is 297 g/mol. The molecule has 0 amide bonds. The molecule has 0 aliphatic rings. The molecule has 0 saturated heterocycles. The first kappa shape index (κ1) is 18.7. The zero-order valence-electron chi connectivity index (χ0n) is 10.3. The third-order valence-electron chi connectivity index (χ3n) is 2.21. The Morgan fingerprint density at radius 3 is 1.22 bits per heavy atom. The summed E-state index contributed by atoms with van der Waals surface area (Å²) in [5.41, 5.74) is 1.23. The fourth-order valence-electron chi connectivity index (χ4n) is 1.37. The van der Waals surface area contributed by atoms with Crippen molar-refractivity contribution in [1.82, 2.24) is 0 Å². The maximum atomic E-state index is 12.0. The van der Waals surface area contributed by atoms with Crippen molar-refractivity contribution in [2.75, 3.05) is 0 Å². The second-order valence-corrected chi connectivity index (χ2v) is 4.22. The van der Waals surface area contributed by atoms with Crippen molar-refractivity contribution in [1.29, 1.82) is 0 Å². The Bertz CT molecular complexity index is 462. The molecule has 0 saturated carbocycles. The number of rotatable bonds is 2. The van der Waals surface area contributed by atoms with Crippen molar-refractivity contribution in [2.45, 2.75) is 0 Å². The molecule has 82 valence electrons. The molecule has 0 fully saturated rings. The smallest absolute Gasteiger partial charge is 0.193 e. The number of carbonyl (C=O) groups excluding carboxylic acids is 1. The Hall–Kier alpha value is 0.690. The van der Waals surface area contributed by atoms with Crippen LogP contribution in [0, 0.1) is 0 Å². The minimum Gasteiger partial charge on any atom is -0.289 e. The van der Waals surface area contributed by atoms with Gasteiger partial charge in [0.2, 0.25) is 0 Å². The van der Waals surface area contributed by atoms with E-state index < -0.39 is 0 Å². The Balaban J connectivity index is 0.00000144. The van der Waals surface area contributed by atoms with Gasteiger partial charge >= 0.3 is 0 Å². The van der Waals surface area contributed by atoms with E-state index in [0.29, 0.717) is 21.2 Å². The van der Waals surface area contributed by atoms with Crippen LogP contribution in [0.3, 0.4) is 0 Å². The molecular weight excluding hydrogens is 289 g/mol. The van der Waals surface area contributed by atoms with Gasteiger partial charge in [-0.3, -0.25) is 4.79 Å². The summed E-state index contributed by atoms with van der Waals surface area (Å²) in [4.78, 5) is 12.0. The van der Waals surface area contributed by atoms with E-state index in [4.69, 9.17) is 23.2 Å². The number of benzene rings is 2. The van der Waals surface area contributed by atoms with Crippen LogP contribution in [0.5, 0.6) is 0 Å². The van der Waals surface area contributed by atoms with Crippen LogP contribution in [0.1, 0.15) is 15.9 Å². The maximum absolute atomic E-state index is 12.0. The topological polar surface area (TPSA) is 17.1 Å². The molecular formula is C13H8Cl2Na2O. The van der Waals surface area contributed by atoms with E-state index in [1.165, 1.54) is 0 Å². The summed E-state index contributed by atoms with van der Waals surface area (Å²) in [6, 6.07) is 13.6. The van der Waals surface area contributed by atoms with Gasteiger partial charge in [0.1, 0.15) is 0 Å². The van der Waals surface area contributed by atoms with Crippen molar-refractivity contribution in [3.05, 3.63) is 69.7 Å². The number of hydrogen-bond acceptors (Lipinski definition) is 1. The molecule has 5 heteroatoms. The van der Waals surface area contributed by atoms with Gasteiger partial charge in [0.05, 0.1) is 0 Å². The van der Waals surface area contributed by atoms with E-state index in [1.807, 2.05) is 0 Å². The predicted octanol–water partition coefficient (Wildman–Crippen LogP) is 3.46. The molecule has 0 atom stereocenters. The third kappa shape index (κ3) is 4.99. The van der Waals surface area contributed by atoms with Gasteiger partial charge in [-0.05, 0) is 48.5 Å². The van der Waals surface area contributed by atoms with Gasteiger partial charge in [0.15, 0.2) is 5.78 Å². The molecule has 0 N–H and O–H groups in total. The molecule has 2 radical (unpaired) electrons. The zero-order valence-corrected chi connectivity index (χ0v) is 15.8. The standard InChI is InChI=1S/C13H8Cl2O.2Na/c14-11-5-1-9(2-6-11)13(16)10-3-7-12(15)8-4-10;;/h1-8H;;. The van der Waals surface area contributed by atoms with E-state index in [0.717, 1.165) is 0 Å². The quantitative estimate of drug-likeness (QED) is 0.613. The van der Waals surface area contributed by atoms with Gasteiger partial charge in [0, 0.05) is 80.3 Å². The maximum Gasteiger partial charge on any atom is 0.193 e. The second kappa shape index (κ2) is 8.78. The second-order valence-electron chi connectivity index (χ2n) is 3.34. The number of ketones is 1. The van der Waals surface area contributed by atoms with Gasteiger partial charge in [-0.25, -0.2) is 0 Å². The molecule has 0 aliphatic heterocycles. The van der Waals surface area contributed by atoms with Gasteiger partial charge in [0.25, 0.3) is 0 Å². The molecule has 2 aromatic rings. The van der Waals surface area contributed by atoms with Crippen molar-refractivity contribution in [2.24, 2.45) is 0 Å². The summed E-state index contributed by atoms with van der Waals surface area (Å²) >= 11 is 11.5. The molecule has 0 unspecified atom stereocenters. The summed E-state index contributed by atoms with van der Waals surface area (Å²) in [6.45, 7) is 0. The van der Waals surface area contributed by atoms with E-state index in [1.54, 1.807) is 48.5 Å². The molecule has 18 heavy (non-hydrogen) atoms. The van der Waals surface area contributed by atoms with Gasteiger partial charge in [-0.15, -0.1) is 0 Å². The third-order valence-corrected chi connectivity index (χ3v) is 2.72. The molecule has 0 heterocycles. The molecule has 0 bridgehead atoms.